The molecule has 1 unspecified atom stereocenters. The molecule has 202 valence electrons. The van der Waals surface area contributed by atoms with E-state index in [1.807, 2.05) is 75.4 Å². The summed E-state index contributed by atoms with van der Waals surface area (Å²) >= 11 is 6.32. The van der Waals surface area contributed by atoms with Crippen molar-refractivity contribution < 1.29 is 18.0 Å². The van der Waals surface area contributed by atoms with Crippen LogP contribution in [-0.4, -0.2) is 50.0 Å². The fourth-order valence-corrected chi connectivity index (χ4v) is 5.30. The highest BCUT2D eigenvalue weighted by Gasteiger charge is 2.33. The van der Waals surface area contributed by atoms with E-state index in [1.165, 1.54) is 4.90 Å². The molecule has 0 saturated heterocycles. The lowest BCUT2D eigenvalue weighted by molar-refractivity contribution is -0.140. The van der Waals surface area contributed by atoms with Gasteiger partial charge in [-0.25, -0.2) is 8.42 Å². The second kappa shape index (κ2) is 12.9. The molecule has 0 heterocycles. The van der Waals surface area contributed by atoms with Crippen molar-refractivity contribution in [2.24, 2.45) is 0 Å². The summed E-state index contributed by atoms with van der Waals surface area (Å²) < 4.78 is 26.6. The first kappa shape index (κ1) is 29.2. The molecule has 0 aromatic heterocycles. The van der Waals surface area contributed by atoms with Crippen molar-refractivity contribution in [3.8, 4) is 0 Å². The maximum absolute atomic E-state index is 14.0. The van der Waals surface area contributed by atoms with E-state index < -0.39 is 28.5 Å². The third-order valence-corrected chi connectivity index (χ3v) is 7.55. The zero-order valence-corrected chi connectivity index (χ0v) is 23.7. The van der Waals surface area contributed by atoms with Crippen LogP contribution in [0.5, 0.6) is 0 Å². The van der Waals surface area contributed by atoms with Gasteiger partial charge in [0.15, 0.2) is 0 Å². The molecule has 1 atom stereocenters. The molecule has 0 fully saturated rings. The summed E-state index contributed by atoms with van der Waals surface area (Å²) in [5.41, 5.74) is 2.90. The molecule has 0 aliphatic heterocycles. The summed E-state index contributed by atoms with van der Waals surface area (Å²) in [7, 11) is -3.87. The number of hydrogen-bond donors (Lipinski definition) is 1. The van der Waals surface area contributed by atoms with Crippen LogP contribution in [0.15, 0.2) is 78.9 Å². The summed E-state index contributed by atoms with van der Waals surface area (Å²) in [4.78, 5) is 29.0. The average Bonchev–Trinajstić information content (AvgIpc) is 2.85. The number of halogens is 1. The molecule has 9 heteroatoms. The number of rotatable bonds is 11. The minimum atomic E-state index is -3.87. The van der Waals surface area contributed by atoms with Crippen molar-refractivity contribution in [1.29, 1.82) is 0 Å². The first-order valence-electron chi connectivity index (χ1n) is 12.4. The summed E-state index contributed by atoms with van der Waals surface area (Å²) in [6.45, 7) is 5.27. The van der Waals surface area contributed by atoms with Crippen LogP contribution in [0.3, 0.4) is 0 Å². The van der Waals surface area contributed by atoms with Gasteiger partial charge >= 0.3 is 0 Å². The van der Waals surface area contributed by atoms with E-state index in [1.54, 1.807) is 24.3 Å². The number of hydrogen-bond acceptors (Lipinski definition) is 4. The standard InChI is InChI=1S/C29H34ClN3O4S/c1-21(2)31-29(35)27(18-23-13-6-5-7-14-23)32(19-24-15-9-8-12-22(24)3)28(34)20-33(38(4,36)37)26-17-11-10-16-25(26)30/h5-17,21,27H,18-20H2,1-4H3,(H,31,35). The second-order valence-corrected chi connectivity index (χ2v) is 11.9. The summed E-state index contributed by atoms with van der Waals surface area (Å²) in [6, 6.07) is 22.5. The molecule has 0 saturated carbocycles. The lowest BCUT2D eigenvalue weighted by Gasteiger charge is -2.34. The predicted octanol–water partition coefficient (Wildman–Crippen LogP) is 4.58. The molecule has 1 N–H and O–H groups in total. The van der Waals surface area contributed by atoms with Gasteiger partial charge in [0, 0.05) is 19.0 Å². The van der Waals surface area contributed by atoms with E-state index in [9.17, 15) is 18.0 Å². The van der Waals surface area contributed by atoms with E-state index in [0.717, 1.165) is 27.3 Å². The van der Waals surface area contributed by atoms with Gasteiger partial charge in [0.2, 0.25) is 21.8 Å². The molecular weight excluding hydrogens is 522 g/mol. The number of anilines is 1. The van der Waals surface area contributed by atoms with Crippen molar-refractivity contribution in [3.63, 3.8) is 0 Å². The van der Waals surface area contributed by atoms with Gasteiger partial charge < -0.3 is 10.2 Å². The molecule has 2 amide bonds. The molecule has 3 rings (SSSR count). The molecule has 0 radical (unpaired) electrons. The highest BCUT2D eigenvalue weighted by Crippen LogP contribution is 2.28. The Labute approximate surface area is 230 Å². The zero-order chi connectivity index (χ0) is 27.9. The first-order valence-corrected chi connectivity index (χ1v) is 14.6. The molecular formula is C29H34ClN3O4S. The van der Waals surface area contributed by atoms with Gasteiger partial charge in [-0.1, -0.05) is 78.3 Å². The molecule has 0 spiro atoms. The smallest absolute Gasteiger partial charge is 0.244 e. The third-order valence-electron chi connectivity index (χ3n) is 6.10. The minimum absolute atomic E-state index is 0.134. The number of amides is 2. The Morgan fingerprint density at radius 1 is 0.921 bits per heavy atom. The monoisotopic (exact) mass is 555 g/mol. The zero-order valence-electron chi connectivity index (χ0n) is 22.1. The van der Waals surface area contributed by atoms with Crippen LogP contribution < -0.4 is 9.62 Å². The fraction of sp³-hybridized carbons (Fsp3) is 0.310. The van der Waals surface area contributed by atoms with Crippen LogP contribution in [0, 0.1) is 6.92 Å². The Morgan fingerprint density at radius 3 is 2.13 bits per heavy atom. The van der Waals surface area contributed by atoms with E-state index in [0.29, 0.717) is 0 Å². The highest BCUT2D eigenvalue weighted by atomic mass is 35.5. The quantitative estimate of drug-likeness (QED) is 0.375. The van der Waals surface area contributed by atoms with E-state index >= 15 is 0 Å². The van der Waals surface area contributed by atoms with Crippen molar-refractivity contribution >= 4 is 39.1 Å². The van der Waals surface area contributed by atoms with Gasteiger partial charge in [0.05, 0.1) is 17.0 Å². The normalized spacial score (nSPS) is 12.2. The Balaban J connectivity index is 2.08. The Kier molecular flexibility index (Phi) is 9.94. The molecule has 0 aliphatic rings. The van der Waals surface area contributed by atoms with Gasteiger partial charge in [-0.05, 0) is 49.6 Å². The SMILES string of the molecule is Cc1ccccc1CN(C(=O)CN(c1ccccc1Cl)S(C)(=O)=O)C(Cc1ccccc1)C(=O)NC(C)C. The maximum Gasteiger partial charge on any atom is 0.244 e. The predicted molar refractivity (Wildman–Crippen MR) is 153 cm³/mol. The Hall–Kier alpha value is -3.36. The third kappa shape index (κ3) is 7.82. The topological polar surface area (TPSA) is 86.8 Å². The van der Waals surface area contributed by atoms with Crippen LogP contribution in [-0.2, 0) is 32.6 Å². The van der Waals surface area contributed by atoms with Crippen molar-refractivity contribution in [1.82, 2.24) is 10.2 Å². The molecule has 38 heavy (non-hydrogen) atoms. The first-order chi connectivity index (χ1) is 18.0. The number of sulfonamides is 1. The number of carbonyl (C=O) groups is 2. The van der Waals surface area contributed by atoms with Gasteiger partial charge in [-0.2, -0.15) is 0 Å². The molecule has 7 nitrogen and oxygen atoms in total. The van der Waals surface area contributed by atoms with Crippen molar-refractivity contribution in [3.05, 3.63) is 101 Å². The van der Waals surface area contributed by atoms with Gasteiger partial charge in [0.25, 0.3) is 0 Å². The molecule has 0 bridgehead atoms. The van der Waals surface area contributed by atoms with Gasteiger partial charge in [-0.3, -0.25) is 13.9 Å². The number of nitrogens with zero attached hydrogens (tertiary/aromatic N) is 2. The van der Waals surface area contributed by atoms with Gasteiger partial charge in [-0.15, -0.1) is 0 Å². The lowest BCUT2D eigenvalue weighted by Crippen LogP contribution is -2.54. The van der Waals surface area contributed by atoms with Crippen molar-refractivity contribution in [2.75, 3.05) is 17.1 Å². The van der Waals surface area contributed by atoms with Crippen LogP contribution in [0.1, 0.15) is 30.5 Å². The molecule has 0 aliphatic carbocycles. The Bertz CT molecular complexity index is 1360. The lowest BCUT2D eigenvalue weighted by atomic mass is 10.0. The number of nitrogens with one attached hydrogen (secondary N) is 1. The fourth-order valence-electron chi connectivity index (χ4n) is 4.15. The summed E-state index contributed by atoms with van der Waals surface area (Å²) in [5.74, 6) is -0.826. The number of carbonyl (C=O) groups excluding carboxylic acids is 2. The summed E-state index contributed by atoms with van der Waals surface area (Å²) in [6.07, 6.45) is 1.30. The van der Waals surface area contributed by atoms with Crippen LogP contribution in [0.2, 0.25) is 5.02 Å². The second-order valence-electron chi connectivity index (χ2n) is 9.54. The number of benzene rings is 3. The summed E-state index contributed by atoms with van der Waals surface area (Å²) in [5, 5.41) is 3.14. The van der Waals surface area contributed by atoms with E-state index in [2.05, 4.69) is 5.32 Å². The van der Waals surface area contributed by atoms with Crippen molar-refractivity contribution in [2.45, 2.75) is 45.8 Å². The average molecular weight is 556 g/mol. The molecule has 3 aromatic rings. The highest BCUT2D eigenvalue weighted by molar-refractivity contribution is 7.92. The minimum Gasteiger partial charge on any atom is -0.352 e. The largest absolute Gasteiger partial charge is 0.352 e. The van der Waals surface area contributed by atoms with E-state index in [-0.39, 0.29) is 35.6 Å². The van der Waals surface area contributed by atoms with Crippen LogP contribution >= 0.6 is 11.6 Å². The number of aryl methyl sites for hydroxylation is 1. The Morgan fingerprint density at radius 2 is 1.53 bits per heavy atom. The van der Waals surface area contributed by atoms with Gasteiger partial charge in [0.1, 0.15) is 12.6 Å². The van der Waals surface area contributed by atoms with E-state index in [4.69, 9.17) is 11.6 Å². The number of para-hydroxylation sites is 1. The van der Waals surface area contributed by atoms with Crippen LogP contribution in [0.4, 0.5) is 5.69 Å². The maximum atomic E-state index is 14.0. The van der Waals surface area contributed by atoms with Crippen LogP contribution in [0.25, 0.3) is 0 Å². The molecule has 3 aromatic carbocycles.